The average Bonchev–Trinajstić information content (AvgIpc) is 3.36. The lowest BCUT2D eigenvalue weighted by molar-refractivity contribution is -0.116. The first kappa shape index (κ1) is 30.6. The molecule has 9 heteroatoms. The van der Waals surface area contributed by atoms with Gasteiger partial charge < -0.3 is 15.5 Å². The maximum absolute atomic E-state index is 12.3. The third-order valence-corrected chi connectivity index (χ3v) is 5.83. The third-order valence-electron chi connectivity index (χ3n) is 5.83. The van der Waals surface area contributed by atoms with E-state index in [1.807, 2.05) is 45.0 Å². The molecular weight excluding hydrogens is 454 g/mol. The Kier molecular flexibility index (Phi) is 13.2. The van der Waals surface area contributed by atoms with Crippen molar-refractivity contribution < 1.29 is 9.59 Å². The molecule has 1 aromatic carbocycles. The van der Waals surface area contributed by atoms with Crippen molar-refractivity contribution in [3.05, 3.63) is 70.8 Å². The zero-order chi connectivity index (χ0) is 27.1. The molecule has 2 aliphatic rings. The van der Waals surface area contributed by atoms with Gasteiger partial charge in [0.05, 0.1) is 5.41 Å². The maximum Gasteiger partial charge on any atom is 0.253 e. The highest BCUT2D eigenvalue weighted by Crippen LogP contribution is 2.39. The molecule has 0 saturated heterocycles. The number of hydrazone groups is 1. The van der Waals surface area contributed by atoms with Gasteiger partial charge in [0.25, 0.3) is 5.91 Å². The van der Waals surface area contributed by atoms with Gasteiger partial charge in [0.2, 0.25) is 6.41 Å². The standard InChI is InChI=1S/C21H28N6O.C4H9NO.C2H6/c1-15-5-4-6-17(10-7-15)21(13-14-22,20-23-25-26-24-20)18-11-8-16(9-12-18)19(28)27(2)3;1-3-5(2)4-6;1-2/h5-12,25-26H,4,13-14,22H2,1-3H3,(H,23,24);4H,3H2,1-2H3;1-2H3. The van der Waals surface area contributed by atoms with Crippen LogP contribution >= 0.6 is 0 Å². The van der Waals surface area contributed by atoms with Crippen LogP contribution in [0.15, 0.2) is 64.8 Å². The van der Waals surface area contributed by atoms with E-state index < -0.39 is 5.41 Å². The van der Waals surface area contributed by atoms with Crippen molar-refractivity contribution in [1.82, 2.24) is 26.3 Å². The molecule has 0 saturated carbocycles. The highest BCUT2D eigenvalue weighted by Gasteiger charge is 2.42. The van der Waals surface area contributed by atoms with E-state index in [4.69, 9.17) is 5.73 Å². The average molecular weight is 498 g/mol. The van der Waals surface area contributed by atoms with E-state index in [9.17, 15) is 9.59 Å². The van der Waals surface area contributed by atoms with Gasteiger partial charge in [-0.25, -0.2) is 5.53 Å². The molecule has 3 rings (SSSR count). The Morgan fingerprint density at radius 2 is 1.81 bits per heavy atom. The van der Waals surface area contributed by atoms with Crippen LogP contribution in [0.5, 0.6) is 0 Å². The molecule has 0 spiro atoms. The number of amides is 2. The largest absolute Gasteiger partial charge is 0.349 e. The van der Waals surface area contributed by atoms with Gasteiger partial charge in [-0.15, -0.1) is 10.6 Å². The molecule has 1 aliphatic heterocycles. The summed E-state index contributed by atoms with van der Waals surface area (Å²) in [5.41, 5.74) is 18.3. The molecular formula is C27H43N7O2. The van der Waals surface area contributed by atoms with Gasteiger partial charge in [-0.3, -0.25) is 15.0 Å². The van der Waals surface area contributed by atoms with Crippen molar-refractivity contribution >= 4 is 18.2 Å². The summed E-state index contributed by atoms with van der Waals surface area (Å²) in [5, 5.41) is 4.44. The Hall–Kier alpha value is -3.43. The van der Waals surface area contributed by atoms with Gasteiger partial charge in [0.1, 0.15) is 0 Å². The SMILES string of the molecule is CC.CC1=CCC=C(C(CCN)(C2=NNNN2)c2ccc(C(=O)N(C)C)cc2)C=C1.CCN(C)C=O. The van der Waals surface area contributed by atoms with Crippen LogP contribution in [0.2, 0.25) is 0 Å². The lowest BCUT2D eigenvalue weighted by Gasteiger charge is -2.35. The zero-order valence-corrected chi connectivity index (χ0v) is 22.8. The molecule has 5 N–H and O–H groups in total. The minimum Gasteiger partial charge on any atom is -0.349 e. The number of carbonyl (C=O) groups is 2. The summed E-state index contributed by atoms with van der Waals surface area (Å²) in [7, 11) is 5.24. The summed E-state index contributed by atoms with van der Waals surface area (Å²) in [5.74, 6) is 0.726. The van der Waals surface area contributed by atoms with Gasteiger partial charge in [-0.2, -0.15) is 0 Å². The fourth-order valence-corrected chi connectivity index (χ4v) is 3.74. The predicted octanol–water partition coefficient (Wildman–Crippen LogP) is 2.85. The number of hydrazine groups is 2. The van der Waals surface area contributed by atoms with E-state index in [1.165, 1.54) is 5.57 Å². The van der Waals surface area contributed by atoms with Gasteiger partial charge in [-0.1, -0.05) is 55.9 Å². The van der Waals surface area contributed by atoms with Gasteiger partial charge >= 0.3 is 0 Å². The molecule has 198 valence electrons. The third kappa shape index (κ3) is 7.79. The number of allylic oxidation sites excluding steroid dienone is 5. The summed E-state index contributed by atoms with van der Waals surface area (Å²) < 4.78 is 0. The first-order valence-corrected chi connectivity index (χ1v) is 12.4. The number of nitrogens with two attached hydrogens (primary N) is 1. The second-order valence-electron chi connectivity index (χ2n) is 8.40. The number of amidine groups is 1. The fraction of sp³-hybridized carbons (Fsp3) is 0.444. The molecule has 1 atom stereocenters. The van der Waals surface area contributed by atoms with E-state index in [0.717, 1.165) is 36.3 Å². The quantitative estimate of drug-likeness (QED) is 0.411. The normalized spacial score (nSPS) is 15.5. The first-order chi connectivity index (χ1) is 17.3. The van der Waals surface area contributed by atoms with E-state index in [-0.39, 0.29) is 5.91 Å². The second kappa shape index (κ2) is 15.5. The Morgan fingerprint density at radius 1 is 1.14 bits per heavy atom. The highest BCUT2D eigenvalue weighted by atomic mass is 16.2. The molecule has 1 aromatic rings. The minimum atomic E-state index is -0.556. The molecule has 2 amide bonds. The summed E-state index contributed by atoms with van der Waals surface area (Å²) in [4.78, 5) is 25.1. The van der Waals surface area contributed by atoms with Crippen LogP contribution in [-0.2, 0) is 10.2 Å². The van der Waals surface area contributed by atoms with Crippen LogP contribution in [0.1, 0.15) is 56.5 Å². The number of nitrogens with one attached hydrogen (secondary N) is 3. The highest BCUT2D eigenvalue weighted by molar-refractivity contribution is 5.98. The van der Waals surface area contributed by atoms with Gasteiger partial charge in [0.15, 0.2) is 5.84 Å². The first-order valence-electron chi connectivity index (χ1n) is 12.4. The van der Waals surface area contributed by atoms with E-state index in [1.54, 1.807) is 30.9 Å². The predicted molar refractivity (Wildman–Crippen MR) is 148 cm³/mol. The van der Waals surface area contributed by atoms with Crippen molar-refractivity contribution in [2.75, 3.05) is 34.2 Å². The summed E-state index contributed by atoms with van der Waals surface area (Å²) in [6.07, 6.45) is 11.0. The number of rotatable bonds is 8. The minimum absolute atomic E-state index is 0.0240. The van der Waals surface area contributed by atoms with E-state index in [0.29, 0.717) is 18.5 Å². The Balaban J connectivity index is 0.000000710. The molecule has 0 bridgehead atoms. The van der Waals surface area contributed by atoms with Crippen LogP contribution in [-0.4, -0.2) is 62.2 Å². The number of hydrogen-bond donors (Lipinski definition) is 4. The molecule has 1 heterocycles. The van der Waals surface area contributed by atoms with Crippen molar-refractivity contribution in [3.63, 3.8) is 0 Å². The lowest BCUT2D eigenvalue weighted by Crippen LogP contribution is -2.48. The van der Waals surface area contributed by atoms with Crippen LogP contribution in [0.3, 0.4) is 0 Å². The van der Waals surface area contributed by atoms with E-state index in [2.05, 4.69) is 52.8 Å². The monoisotopic (exact) mass is 497 g/mol. The summed E-state index contributed by atoms with van der Waals surface area (Å²) in [6, 6.07) is 7.72. The molecule has 9 nitrogen and oxygen atoms in total. The molecule has 0 radical (unpaired) electrons. The Labute approximate surface area is 216 Å². The molecule has 36 heavy (non-hydrogen) atoms. The number of carbonyl (C=O) groups excluding carboxylic acids is 2. The zero-order valence-electron chi connectivity index (χ0n) is 22.8. The summed E-state index contributed by atoms with van der Waals surface area (Å²) in [6.45, 7) is 9.29. The Bertz CT molecular complexity index is 965. The van der Waals surface area contributed by atoms with Crippen LogP contribution in [0.4, 0.5) is 0 Å². The second-order valence-corrected chi connectivity index (χ2v) is 8.40. The smallest absolute Gasteiger partial charge is 0.253 e. The molecule has 1 aliphatic carbocycles. The van der Waals surface area contributed by atoms with Gasteiger partial charge in [0, 0.05) is 33.3 Å². The molecule has 0 fully saturated rings. The summed E-state index contributed by atoms with van der Waals surface area (Å²) >= 11 is 0. The van der Waals surface area contributed by atoms with Crippen molar-refractivity contribution in [2.24, 2.45) is 10.8 Å². The van der Waals surface area contributed by atoms with Crippen molar-refractivity contribution in [3.8, 4) is 0 Å². The van der Waals surface area contributed by atoms with Crippen LogP contribution in [0, 0.1) is 0 Å². The van der Waals surface area contributed by atoms with Crippen LogP contribution < -0.4 is 22.2 Å². The maximum atomic E-state index is 12.3. The molecule has 0 aromatic heterocycles. The van der Waals surface area contributed by atoms with Gasteiger partial charge in [-0.05, 0) is 56.5 Å². The van der Waals surface area contributed by atoms with Crippen molar-refractivity contribution in [1.29, 1.82) is 0 Å². The molecule has 1 unspecified atom stereocenters. The topological polar surface area (TPSA) is 115 Å². The Morgan fingerprint density at radius 3 is 2.28 bits per heavy atom. The fourth-order valence-electron chi connectivity index (χ4n) is 3.74. The number of benzene rings is 1. The number of hydrogen-bond acceptors (Lipinski definition) is 7. The van der Waals surface area contributed by atoms with Crippen molar-refractivity contribution in [2.45, 2.75) is 46.0 Å². The van der Waals surface area contributed by atoms with Crippen LogP contribution in [0.25, 0.3) is 0 Å². The lowest BCUT2D eigenvalue weighted by atomic mass is 9.69. The number of nitrogens with zero attached hydrogens (tertiary/aromatic N) is 3. The van der Waals surface area contributed by atoms with E-state index >= 15 is 0 Å².